The average Bonchev–Trinajstić information content (AvgIpc) is 2.95. The highest BCUT2D eigenvalue weighted by molar-refractivity contribution is 6.02. The number of rotatable bonds is 5. The Balaban J connectivity index is 1.67. The Bertz CT molecular complexity index is 1120. The van der Waals surface area contributed by atoms with E-state index in [0.29, 0.717) is 17.0 Å². The highest BCUT2D eigenvalue weighted by Gasteiger charge is 2.15. The molecule has 4 N–H and O–H groups in total. The molecule has 0 saturated carbocycles. The van der Waals surface area contributed by atoms with Gasteiger partial charge in [-0.2, -0.15) is 0 Å². The number of nitrogens with one attached hydrogen (secondary N) is 4. The molecule has 3 aromatic rings. The van der Waals surface area contributed by atoms with Gasteiger partial charge in [0.15, 0.2) is 0 Å². The lowest BCUT2D eigenvalue weighted by molar-refractivity contribution is -0.123. The number of hydrogen-bond donors (Lipinski definition) is 4. The van der Waals surface area contributed by atoms with Crippen molar-refractivity contribution >= 4 is 28.3 Å². The van der Waals surface area contributed by atoms with Gasteiger partial charge in [0.25, 0.3) is 11.1 Å². The number of nitrogens with zero attached hydrogens (tertiary/aromatic N) is 1. The maximum Gasteiger partial charge on any atom is 0.272 e. The van der Waals surface area contributed by atoms with Crippen LogP contribution in [0.15, 0.2) is 32.3 Å². The first-order valence-corrected chi connectivity index (χ1v) is 8.09. The molecule has 3 rings (SSSR count). The Labute approximate surface area is 151 Å². The number of amides is 2. The molecule has 0 aliphatic rings. The zero-order valence-electron chi connectivity index (χ0n) is 14.6. The van der Waals surface area contributed by atoms with Crippen LogP contribution in [0.1, 0.15) is 17.0 Å². The third-order valence-electron chi connectivity index (χ3n) is 4.06. The van der Waals surface area contributed by atoms with E-state index in [9.17, 15) is 19.2 Å². The molecular formula is C17H17N5O5. The van der Waals surface area contributed by atoms with Crippen LogP contribution in [0.25, 0.3) is 10.8 Å². The maximum atomic E-state index is 12.1. The fourth-order valence-electron chi connectivity index (χ4n) is 2.68. The number of anilines is 1. The zero-order valence-corrected chi connectivity index (χ0v) is 14.6. The Morgan fingerprint density at radius 2 is 1.85 bits per heavy atom. The van der Waals surface area contributed by atoms with E-state index in [1.54, 1.807) is 19.9 Å². The van der Waals surface area contributed by atoms with Crippen molar-refractivity contribution in [3.63, 3.8) is 0 Å². The molecule has 0 spiro atoms. The van der Waals surface area contributed by atoms with E-state index in [1.165, 1.54) is 12.1 Å². The van der Waals surface area contributed by atoms with E-state index in [-0.39, 0.29) is 35.3 Å². The fourth-order valence-corrected chi connectivity index (χ4v) is 2.68. The van der Waals surface area contributed by atoms with Gasteiger partial charge in [-0.05, 0) is 26.0 Å². The van der Waals surface area contributed by atoms with Crippen molar-refractivity contribution in [3.05, 3.63) is 55.9 Å². The SMILES string of the molecule is Cc1noc(C)c1CC(=O)NCC(=O)Nc1cccc2c(=O)[nH][nH]c(=O)c12. The van der Waals surface area contributed by atoms with Gasteiger partial charge in [-0.1, -0.05) is 11.2 Å². The molecule has 0 radical (unpaired) electrons. The molecule has 0 aliphatic carbocycles. The molecular weight excluding hydrogens is 354 g/mol. The molecule has 0 fully saturated rings. The number of fused-ring (bicyclic) bond motifs is 1. The molecule has 1 aromatic carbocycles. The molecule has 2 heterocycles. The van der Waals surface area contributed by atoms with Crippen molar-refractivity contribution in [2.24, 2.45) is 0 Å². The molecule has 0 unspecified atom stereocenters. The minimum atomic E-state index is -0.539. The Hall–Kier alpha value is -3.69. The lowest BCUT2D eigenvalue weighted by Crippen LogP contribution is -2.34. The number of benzene rings is 1. The highest BCUT2D eigenvalue weighted by atomic mass is 16.5. The van der Waals surface area contributed by atoms with E-state index in [2.05, 4.69) is 26.0 Å². The lowest BCUT2D eigenvalue weighted by Gasteiger charge is -2.09. The van der Waals surface area contributed by atoms with Gasteiger partial charge in [0.05, 0.1) is 35.1 Å². The van der Waals surface area contributed by atoms with Crippen LogP contribution in [0.4, 0.5) is 5.69 Å². The van der Waals surface area contributed by atoms with Gasteiger partial charge < -0.3 is 15.2 Å². The molecule has 2 aromatic heterocycles. The summed E-state index contributed by atoms with van der Waals surface area (Å²) < 4.78 is 4.99. The number of hydrogen-bond acceptors (Lipinski definition) is 6. The average molecular weight is 371 g/mol. The predicted octanol–water partition coefficient (Wildman–Crippen LogP) is 0.119. The maximum absolute atomic E-state index is 12.1. The topological polar surface area (TPSA) is 150 Å². The molecule has 0 saturated heterocycles. The van der Waals surface area contributed by atoms with Gasteiger partial charge in [0.2, 0.25) is 11.8 Å². The molecule has 2 amide bonds. The summed E-state index contributed by atoms with van der Waals surface area (Å²) >= 11 is 0. The number of aromatic amines is 2. The molecule has 0 aliphatic heterocycles. The van der Waals surface area contributed by atoms with Gasteiger partial charge in [-0.15, -0.1) is 0 Å². The van der Waals surface area contributed by atoms with Crippen LogP contribution >= 0.6 is 0 Å². The van der Waals surface area contributed by atoms with Gasteiger partial charge >= 0.3 is 0 Å². The molecule has 10 nitrogen and oxygen atoms in total. The van der Waals surface area contributed by atoms with Gasteiger partial charge in [0, 0.05) is 5.56 Å². The minimum absolute atomic E-state index is 0.0394. The van der Waals surface area contributed by atoms with Crippen molar-refractivity contribution < 1.29 is 14.1 Å². The van der Waals surface area contributed by atoms with Crippen LogP contribution < -0.4 is 21.8 Å². The predicted molar refractivity (Wildman–Crippen MR) is 96.5 cm³/mol. The van der Waals surface area contributed by atoms with E-state index in [4.69, 9.17) is 4.52 Å². The smallest absolute Gasteiger partial charge is 0.272 e. The molecule has 27 heavy (non-hydrogen) atoms. The van der Waals surface area contributed by atoms with E-state index in [0.717, 1.165) is 0 Å². The van der Waals surface area contributed by atoms with Crippen molar-refractivity contribution in [1.29, 1.82) is 0 Å². The van der Waals surface area contributed by atoms with Crippen molar-refractivity contribution in [2.75, 3.05) is 11.9 Å². The summed E-state index contributed by atoms with van der Waals surface area (Å²) in [5, 5.41) is 13.4. The van der Waals surface area contributed by atoms with Crippen molar-refractivity contribution in [3.8, 4) is 0 Å². The number of carbonyl (C=O) groups is 2. The van der Waals surface area contributed by atoms with Crippen LogP contribution in [0.2, 0.25) is 0 Å². The summed E-state index contributed by atoms with van der Waals surface area (Å²) in [5.41, 5.74) is 0.459. The van der Waals surface area contributed by atoms with E-state index < -0.39 is 17.0 Å². The largest absolute Gasteiger partial charge is 0.361 e. The monoisotopic (exact) mass is 371 g/mol. The molecule has 140 valence electrons. The normalized spacial score (nSPS) is 10.7. The van der Waals surface area contributed by atoms with Gasteiger partial charge in [-0.3, -0.25) is 29.4 Å². The summed E-state index contributed by atoms with van der Waals surface area (Å²) in [5.74, 6) is -0.353. The summed E-state index contributed by atoms with van der Waals surface area (Å²) in [4.78, 5) is 47.9. The first-order chi connectivity index (χ1) is 12.9. The van der Waals surface area contributed by atoms with Crippen LogP contribution in [0.5, 0.6) is 0 Å². The van der Waals surface area contributed by atoms with Crippen molar-refractivity contribution in [2.45, 2.75) is 20.3 Å². The quantitative estimate of drug-likeness (QED) is 0.500. The van der Waals surface area contributed by atoms with Gasteiger partial charge in [0.1, 0.15) is 5.76 Å². The summed E-state index contributed by atoms with van der Waals surface area (Å²) in [6.45, 7) is 3.14. The molecule has 0 atom stereocenters. The van der Waals surface area contributed by atoms with Crippen LogP contribution in [0, 0.1) is 13.8 Å². The summed E-state index contributed by atoms with van der Waals surface area (Å²) in [6, 6.07) is 4.52. The van der Waals surface area contributed by atoms with Gasteiger partial charge in [-0.25, -0.2) is 0 Å². The highest BCUT2D eigenvalue weighted by Crippen LogP contribution is 2.16. The zero-order chi connectivity index (χ0) is 19.6. The van der Waals surface area contributed by atoms with Crippen molar-refractivity contribution in [1.82, 2.24) is 20.7 Å². The first kappa shape index (κ1) is 18.1. The van der Waals surface area contributed by atoms with Crippen LogP contribution in [-0.4, -0.2) is 33.7 Å². The Morgan fingerprint density at radius 3 is 2.56 bits per heavy atom. The number of aromatic nitrogens is 3. The summed E-state index contributed by atoms with van der Waals surface area (Å²) in [7, 11) is 0. The van der Waals surface area contributed by atoms with Crippen LogP contribution in [0.3, 0.4) is 0 Å². The molecule has 0 bridgehead atoms. The minimum Gasteiger partial charge on any atom is -0.361 e. The summed E-state index contributed by atoms with van der Waals surface area (Å²) in [6.07, 6.45) is 0.0394. The van der Waals surface area contributed by atoms with Crippen LogP contribution in [-0.2, 0) is 16.0 Å². The van der Waals surface area contributed by atoms with E-state index in [1.807, 2.05) is 0 Å². The standard InChI is InChI=1S/C17H17N5O5/c1-8-11(9(2)27-22-8)6-13(23)18-7-14(24)19-12-5-3-4-10-15(12)17(26)21-20-16(10)25/h3-5H,6-7H2,1-2H3,(H,18,23)(H,19,24)(H,20,25)(H,21,26). The third-order valence-corrected chi connectivity index (χ3v) is 4.06. The molecule has 10 heteroatoms. The Kier molecular flexibility index (Phi) is 4.88. The lowest BCUT2D eigenvalue weighted by atomic mass is 10.1. The first-order valence-electron chi connectivity index (χ1n) is 8.09. The number of aryl methyl sites for hydroxylation is 2. The number of H-pyrrole nitrogens is 2. The Morgan fingerprint density at radius 1 is 1.11 bits per heavy atom. The second kappa shape index (κ2) is 7.28. The number of carbonyl (C=O) groups excluding carboxylic acids is 2. The second-order valence-electron chi connectivity index (χ2n) is 5.94. The van der Waals surface area contributed by atoms with E-state index >= 15 is 0 Å². The third kappa shape index (κ3) is 3.78. The fraction of sp³-hybridized carbons (Fsp3) is 0.235. The second-order valence-corrected chi connectivity index (χ2v) is 5.94.